The highest BCUT2D eigenvalue weighted by Gasteiger charge is 2.17. The lowest BCUT2D eigenvalue weighted by Crippen LogP contribution is -2.35. The van der Waals surface area contributed by atoms with E-state index in [0.717, 1.165) is 30.5 Å². The lowest BCUT2D eigenvalue weighted by atomic mass is 10.0. The summed E-state index contributed by atoms with van der Waals surface area (Å²) in [4.78, 5) is 21.9. The monoisotopic (exact) mass is 259 g/mol. The van der Waals surface area contributed by atoms with Crippen LogP contribution in [0, 0.1) is 5.92 Å². The zero-order valence-corrected chi connectivity index (χ0v) is 11.1. The molecule has 0 aromatic heterocycles. The van der Waals surface area contributed by atoms with E-state index in [9.17, 15) is 9.59 Å². The Hall–Kier alpha value is -0.710. The van der Waals surface area contributed by atoms with Gasteiger partial charge >= 0.3 is 5.97 Å². The zero-order valence-electron chi connectivity index (χ0n) is 10.3. The molecule has 2 N–H and O–H groups in total. The van der Waals surface area contributed by atoms with Crippen molar-refractivity contribution in [3.05, 3.63) is 0 Å². The Labute approximate surface area is 107 Å². The minimum absolute atomic E-state index is 0.00484. The van der Waals surface area contributed by atoms with Gasteiger partial charge in [0.2, 0.25) is 5.91 Å². The van der Waals surface area contributed by atoms with Crippen LogP contribution in [-0.4, -0.2) is 34.5 Å². The van der Waals surface area contributed by atoms with E-state index < -0.39 is 5.97 Å². The Morgan fingerprint density at radius 1 is 1.24 bits per heavy atom. The van der Waals surface area contributed by atoms with Gasteiger partial charge in [0.15, 0.2) is 0 Å². The van der Waals surface area contributed by atoms with Crippen LogP contribution in [0.15, 0.2) is 0 Å². The summed E-state index contributed by atoms with van der Waals surface area (Å²) in [6.07, 6.45) is 5.71. The first kappa shape index (κ1) is 14.4. The van der Waals surface area contributed by atoms with Crippen molar-refractivity contribution in [2.45, 2.75) is 45.1 Å². The molecule has 1 aliphatic rings. The number of rotatable bonds is 5. The number of aliphatic carboxylic acids is 1. The van der Waals surface area contributed by atoms with Crippen molar-refractivity contribution in [3.8, 4) is 0 Å². The van der Waals surface area contributed by atoms with E-state index in [1.165, 1.54) is 19.3 Å². The highest BCUT2D eigenvalue weighted by atomic mass is 32.2. The Kier molecular flexibility index (Phi) is 6.40. The Morgan fingerprint density at radius 3 is 2.71 bits per heavy atom. The van der Waals surface area contributed by atoms with Gasteiger partial charge in [-0.3, -0.25) is 9.59 Å². The Morgan fingerprint density at radius 2 is 2.00 bits per heavy atom. The van der Waals surface area contributed by atoms with Gasteiger partial charge in [-0.05, 0) is 25.2 Å². The quantitative estimate of drug-likeness (QED) is 0.740. The van der Waals surface area contributed by atoms with Gasteiger partial charge in [-0.1, -0.05) is 19.8 Å². The first-order chi connectivity index (χ1) is 8.08. The number of hydrogen-bond donors (Lipinski definition) is 2. The van der Waals surface area contributed by atoms with Gasteiger partial charge in [-0.25, -0.2) is 0 Å². The number of nitrogens with one attached hydrogen (secondary N) is 1. The summed E-state index contributed by atoms with van der Waals surface area (Å²) < 4.78 is 0. The van der Waals surface area contributed by atoms with Crippen molar-refractivity contribution in [1.82, 2.24) is 5.32 Å². The van der Waals surface area contributed by atoms with Crippen LogP contribution >= 0.6 is 11.8 Å². The summed E-state index contributed by atoms with van der Waals surface area (Å²) in [5.41, 5.74) is 0. The topological polar surface area (TPSA) is 66.4 Å². The van der Waals surface area contributed by atoms with Crippen LogP contribution in [0.2, 0.25) is 0 Å². The average Bonchev–Trinajstić information content (AvgIpc) is 2.43. The summed E-state index contributed by atoms with van der Waals surface area (Å²) >= 11 is 1.15. The van der Waals surface area contributed by atoms with E-state index in [1.807, 2.05) is 0 Å². The van der Waals surface area contributed by atoms with Crippen LogP contribution in [0.25, 0.3) is 0 Å². The molecule has 1 amide bonds. The molecule has 1 fully saturated rings. The molecule has 0 saturated heterocycles. The average molecular weight is 259 g/mol. The minimum Gasteiger partial charge on any atom is -0.481 e. The number of carbonyl (C=O) groups is 2. The molecule has 0 aromatic carbocycles. The van der Waals surface area contributed by atoms with Gasteiger partial charge in [-0.15, -0.1) is 11.8 Å². The second kappa shape index (κ2) is 7.58. The van der Waals surface area contributed by atoms with E-state index in [-0.39, 0.29) is 23.5 Å². The molecule has 0 bridgehead atoms. The van der Waals surface area contributed by atoms with E-state index in [4.69, 9.17) is 5.11 Å². The molecule has 1 rings (SSSR count). The largest absolute Gasteiger partial charge is 0.481 e. The first-order valence-electron chi connectivity index (χ1n) is 6.17. The molecule has 0 radical (unpaired) electrons. The van der Waals surface area contributed by atoms with E-state index in [1.54, 1.807) is 0 Å². The van der Waals surface area contributed by atoms with Crippen LogP contribution in [0.3, 0.4) is 0 Å². The van der Waals surface area contributed by atoms with Gasteiger partial charge in [-0.2, -0.15) is 0 Å². The molecule has 17 heavy (non-hydrogen) atoms. The SMILES string of the molecule is CC1CCCC(NC(=O)CSCC(=O)O)CC1. The normalized spacial score (nSPS) is 25.0. The number of carboxylic acid groups (broad SMARTS) is 1. The molecule has 0 aliphatic heterocycles. The van der Waals surface area contributed by atoms with Gasteiger partial charge in [0, 0.05) is 6.04 Å². The van der Waals surface area contributed by atoms with E-state index >= 15 is 0 Å². The molecule has 2 unspecified atom stereocenters. The Bertz CT molecular complexity index is 270. The van der Waals surface area contributed by atoms with Crippen LogP contribution < -0.4 is 5.32 Å². The summed E-state index contributed by atoms with van der Waals surface area (Å²) in [6, 6.07) is 0.290. The summed E-state index contributed by atoms with van der Waals surface area (Å²) in [5.74, 6) is 0.105. The second-order valence-electron chi connectivity index (χ2n) is 4.76. The fraction of sp³-hybridized carbons (Fsp3) is 0.833. The summed E-state index contributed by atoms with van der Waals surface area (Å²) in [7, 11) is 0. The highest BCUT2D eigenvalue weighted by molar-refractivity contribution is 8.00. The molecule has 0 aromatic rings. The molecule has 4 nitrogen and oxygen atoms in total. The fourth-order valence-electron chi connectivity index (χ4n) is 2.13. The number of hydrogen-bond acceptors (Lipinski definition) is 3. The van der Waals surface area contributed by atoms with Crippen LogP contribution in [0.1, 0.15) is 39.0 Å². The zero-order chi connectivity index (χ0) is 12.7. The molecule has 0 spiro atoms. The minimum atomic E-state index is -0.869. The van der Waals surface area contributed by atoms with Crippen LogP contribution in [0.4, 0.5) is 0 Å². The number of carboxylic acids is 1. The molecule has 1 aliphatic carbocycles. The van der Waals surface area contributed by atoms with Crippen molar-refractivity contribution in [1.29, 1.82) is 0 Å². The molecule has 98 valence electrons. The molecule has 0 heterocycles. The molecule has 2 atom stereocenters. The van der Waals surface area contributed by atoms with Crippen molar-refractivity contribution in [2.24, 2.45) is 5.92 Å². The second-order valence-corrected chi connectivity index (χ2v) is 5.75. The fourth-order valence-corrected chi connectivity index (χ4v) is 2.68. The summed E-state index contributed by atoms with van der Waals surface area (Å²) in [5, 5.41) is 11.5. The maximum atomic E-state index is 11.6. The standard InChI is InChI=1S/C12H21NO3S/c1-9-3-2-4-10(6-5-9)13-11(14)7-17-8-12(15)16/h9-10H,2-8H2,1H3,(H,13,14)(H,15,16). The maximum Gasteiger partial charge on any atom is 0.313 e. The molecular formula is C12H21NO3S. The van der Waals surface area contributed by atoms with Crippen molar-refractivity contribution >= 4 is 23.6 Å². The third-order valence-corrected chi connectivity index (χ3v) is 4.00. The van der Waals surface area contributed by atoms with Crippen LogP contribution in [-0.2, 0) is 9.59 Å². The number of thioether (sulfide) groups is 1. The van der Waals surface area contributed by atoms with Crippen molar-refractivity contribution in [3.63, 3.8) is 0 Å². The molecule has 5 heteroatoms. The van der Waals surface area contributed by atoms with E-state index in [2.05, 4.69) is 12.2 Å². The first-order valence-corrected chi connectivity index (χ1v) is 7.32. The van der Waals surface area contributed by atoms with Gasteiger partial charge in [0.1, 0.15) is 0 Å². The third kappa shape index (κ3) is 6.56. The smallest absolute Gasteiger partial charge is 0.313 e. The summed E-state index contributed by atoms with van der Waals surface area (Å²) in [6.45, 7) is 2.26. The van der Waals surface area contributed by atoms with Gasteiger partial charge in [0.25, 0.3) is 0 Å². The van der Waals surface area contributed by atoms with Crippen molar-refractivity contribution in [2.75, 3.05) is 11.5 Å². The third-order valence-electron chi connectivity index (χ3n) is 3.08. The van der Waals surface area contributed by atoms with Crippen LogP contribution in [0.5, 0.6) is 0 Å². The highest BCUT2D eigenvalue weighted by Crippen LogP contribution is 2.22. The van der Waals surface area contributed by atoms with E-state index in [0.29, 0.717) is 0 Å². The lowest BCUT2D eigenvalue weighted by Gasteiger charge is -2.16. The van der Waals surface area contributed by atoms with Gasteiger partial charge < -0.3 is 10.4 Å². The maximum absolute atomic E-state index is 11.6. The molecular weight excluding hydrogens is 238 g/mol. The number of carbonyl (C=O) groups excluding carboxylic acids is 1. The Balaban J connectivity index is 2.18. The predicted octanol–water partition coefficient (Wildman–Crippen LogP) is 1.89. The molecule has 1 saturated carbocycles. The van der Waals surface area contributed by atoms with Gasteiger partial charge in [0.05, 0.1) is 11.5 Å². The predicted molar refractivity (Wildman–Crippen MR) is 69.1 cm³/mol. The number of amides is 1. The lowest BCUT2D eigenvalue weighted by molar-refractivity contribution is -0.133. The van der Waals surface area contributed by atoms with Crippen molar-refractivity contribution < 1.29 is 14.7 Å².